The third-order valence-electron chi connectivity index (χ3n) is 4.35. The highest BCUT2D eigenvalue weighted by atomic mass is 16.5. The predicted octanol–water partition coefficient (Wildman–Crippen LogP) is 2.11. The molecular formula is C19H18N6O3. The van der Waals surface area contributed by atoms with Crippen molar-refractivity contribution < 1.29 is 9.32 Å². The SMILES string of the molecule is Cc1ccc(C)c(-c2cc3c(=O)n(CC(=O)Nc4cc(C)on4)ncn3n2)c1. The summed E-state index contributed by atoms with van der Waals surface area (Å²) in [6.07, 6.45) is 1.42. The second-order valence-corrected chi connectivity index (χ2v) is 6.64. The van der Waals surface area contributed by atoms with Crippen LogP contribution >= 0.6 is 0 Å². The van der Waals surface area contributed by atoms with Crippen molar-refractivity contribution in [2.45, 2.75) is 27.3 Å². The Bertz CT molecular complexity index is 1250. The van der Waals surface area contributed by atoms with Crippen LogP contribution in [0.3, 0.4) is 0 Å². The van der Waals surface area contributed by atoms with Gasteiger partial charge in [-0.25, -0.2) is 9.20 Å². The summed E-state index contributed by atoms with van der Waals surface area (Å²) in [4.78, 5) is 24.9. The van der Waals surface area contributed by atoms with E-state index in [2.05, 4.69) is 20.7 Å². The van der Waals surface area contributed by atoms with E-state index in [0.717, 1.165) is 21.4 Å². The first kappa shape index (κ1) is 17.7. The van der Waals surface area contributed by atoms with E-state index in [1.54, 1.807) is 19.1 Å². The zero-order chi connectivity index (χ0) is 19.8. The third kappa shape index (κ3) is 3.29. The molecule has 1 N–H and O–H groups in total. The quantitative estimate of drug-likeness (QED) is 0.583. The monoisotopic (exact) mass is 378 g/mol. The zero-order valence-electron chi connectivity index (χ0n) is 15.6. The molecule has 3 aromatic heterocycles. The van der Waals surface area contributed by atoms with Crippen molar-refractivity contribution in [3.05, 3.63) is 63.9 Å². The molecule has 0 atom stereocenters. The fourth-order valence-electron chi connectivity index (χ4n) is 2.94. The number of carbonyl (C=O) groups excluding carboxylic acids is 1. The molecule has 0 saturated carbocycles. The van der Waals surface area contributed by atoms with E-state index in [9.17, 15) is 9.59 Å². The smallest absolute Gasteiger partial charge is 0.293 e. The average Bonchev–Trinajstić information content (AvgIpc) is 3.26. The normalized spacial score (nSPS) is 11.1. The molecule has 0 bridgehead atoms. The number of aryl methyl sites for hydroxylation is 3. The number of aromatic nitrogens is 5. The van der Waals surface area contributed by atoms with E-state index < -0.39 is 11.5 Å². The Morgan fingerprint density at radius 1 is 1.18 bits per heavy atom. The molecule has 3 heterocycles. The molecule has 0 saturated heterocycles. The standard InChI is InChI=1S/C19H18N6O3/c1-11-4-5-12(2)14(6-11)15-8-16-19(27)24(20-10-25(16)22-15)9-18(26)21-17-7-13(3)28-23-17/h4-8,10H,9H2,1-3H3,(H,21,23,26). The lowest BCUT2D eigenvalue weighted by Crippen LogP contribution is -2.30. The van der Waals surface area contributed by atoms with Gasteiger partial charge in [-0.3, -0.25) is 9.59 Å². The van der Waals surface area contributed by atoms with Crippen molar-refractivity contribution in [3.8, 4) is 11.3 Å². The van der Waals surface area contributed by atoms with Crippen molar-refractivity contribution in [1.82, 2.24) is 24.6 Å². The fourth-order valence-corrected chi connectivity index (χ4v) is 2.94. The first-order chi connectivity index (χ1) is 13.4. The molecule has 4 rings (SSSR count). The molecule has 142 valence electrons. The molecular weight excluding hydrogens is 360 g/mol. The van der Waals surface area contributed by atoms with Gasteiger partial charge in [0.15, 0.2) is 5.82 Å². The fraction of sp³-hybridized carbons (Fsp3) is 0.211. The Labute approximate surface area is 159 Å². The summed E-state index contributed by atoms with van der Waals surface area (Å²) in [5, 5.41) is 14.8. The third-order valence-corrected chi connectivity index (χ3v) is 4.35. The first-order valence-electron chi connectivity index (χ1n) is 8.67. The highest BCUT2D eigenvalue weighted by molar-refractivity contribution is 5.89. The molecule has 0 fully saturated rings. The lowest BCUT2D eigenvalue weighted by atomic mass is 10.0. The van der Waals surface area contributed by atoms with Gasteiger partial charge in [0.2, 0.25) is 5.91 Å². The van der Waals surface area contributed by atoms with E-state index in [-0.39, 0.29) is 12.4 Å². The van der Waals surface area contributed by atoms with Gasteiger partial charge in [0.25, 0.3) is 5.56 Å². The maximum Gasteiger partial charge on any atom is 0.293 e. The van der Waals surface area contributed by atoms with Crippen LogP contribution in [0.2, 0.25) is 0 Å². The van der Waals surface area contributed by atoms with E-state index in [4.69, 9.17) is 4.52 Å². The summed E-state index contributed by atoms with van der Waals surface area (Å²) in [7, 11) is 0. The van der Waals surface area contributed by atoms with Crippen LogP contribution in [0.1, 0.15) is 16.9 Å². The van der Waals surface area contributed by atoms with Gasteiger partial charge in [-0.2, -0.15) is 10.2 Å². The van der Waals surface area contributed by atoms with Crippen molar-refractivity contribution in [3.63, 3.8) is 0 Å². The lowest BCUT2D eigenvalue weighted by molar-refractivity contribution is -0.117. The lowest BCUT2D eigenvalue weighted by Gasteiger charge is -2.04. The molecule has 0 spiro atoms. The van der Waals surface area contributed by atoms with Crippen LogP contribution in [0.5, 0.6) is 0 Å². The Balaban J connectivity index is 1.64. The van der Waals surface area contributed by atoms with E-state index >= 15 is 0 Å². The van der Waals surface area contributed by atoms with Gasteiger partial charge in [0, 0.05) is 11.6 Å². The number of anilines is 1. The Morgan fingerprint density at radius 3 is 2.75 bits per heavy atom. The summed E-state index contributed by atoms with van der Waals surface area (Å²) in [5.74, 6) is 0.435. The minimum atomic E-state index is -0.429. The molecule has 1 aromatic carbocycles. The Hall–Kier alpha value is -3.75. The molecule has 4 aromatic rings. The van der Waals surface area contributed by atoms with Crippen molar-refractivity contribution in [2.24, 2.45) is 0 Å². The Morgan fingerprint density at radius 2 is 2.00 bits per heavy atom. The molecule has 0 aliphatic carbocycles. The number of hydrogen-bond donors (Lipinski definition) is 1. The van der Waals surface area contributed by atoms with Crippen molar-refractivity contribution >= 4 is 17.2 Å². The van der Waals surface area contributed by atoms with Crippen LogP contribution in [0, 0.1) is 20.8 Å². The average molecular weight is 378 g/mol. The van der Waals surface area contributed by atoms with Crippen LogP contribution in [-0.2, 0) is 11.3 Å². The van der Waals surface area contributed by atoms with Gasteiger partial charge in [0.05, 0.1) is 5.69 Å². The predicted molar refractivity (Wildman–Crippen MR) is 102 cm³/mol. The highest BCUT2D eigenvalue weighted by Crippen LogP contribution is 2.23. The van der Waals surface area contributed by atoms with Crippen molar-refractivity contribution in [2.75, 3.05) is 5.32 Å². The highest BCUT2D eigenvalue weighted by Gasteiger charge is 2.14. The van der Waals surface area contributed by atoms with Crippen LogP contribution in [0.4, 0.5) is 5.82 Å². The minimum Gasteiger partial charge on any atom is -0.360 e. The molecule has 1 amide bonds. The molecule has 0 unspecified atom stereocenters. The summed E-state index contributed by atoms with van der Waals surface area (Å²) < 4.78 is 7.41. The number of benzene rings is 1. The number of nitrogens with one attached hydrogen (secondary N) is 1. The van der Waals surface area contributed by atoms with Gasteiger partial charge < -0.3 is 9.84 Å². The van der Waals surface area contributed by atoms with Gasteiger partial charge in [-0.05, 0) is 38.5 Å². The number of carbonyl (C=O) groups is 1. The molecule has 0 aliphatic heterocycles. The molecule has 0 aliphatic rings. The summed E-state index contributed by atoms with van der Waals surface area (Å²) in [6.45, 7) is 5.47. The molecule has 0 radical (unpaired) electrons. The largest absolute Gasteiger partial charge is 0.360 e. The number of nitrogens with zero attached hydrogens (tertiary/aromatic N) is 5. The van der Waals surface area contributed by atoms with E-state index in [1.165, 1.54) is 10.8 Å². The van der Waals surface area contributed by atoms with Crippen molar-refractivity contribution in [1.29, 1.82) is 0 Å². The zero-order valence-corrected chi connectivity index (χ0v) is 15.6. The number of fused-ring (bicyclic) bond motifs is 1. The topological polar surface area (TPSA) is 107 Å². The maximum absolute atomic E-state index is 12.7. The van der Waals surface area contributed by atoms with Crippen LogP contribution in [-0.4, -0.2) is 30.5 Å². The maximum atomic E-state index is 12.7. The second-order valence-electron chi connectivity index (χ2n) is 6.64. The van der Waals surface area contributed by atoms with E-state index in [1.807, 2.05) is 32.0 Å². The van der Waals surface area contributed by atoms with Gasteiger partial charge >= 0.3 is 0 Å². The van der Waals surface area contributed by atoms with Crippen LogP contribution in [0.25, 0.3) is 16.8 Å². The van der Waals surface area contributed by atoms with Gasteiger partial charge in [0.1, 0.15) is 24.1 Å². The van der Waals surface area contributed by atoms with Crippen LogP contribution < -0.4 is 10.9 Å². The van der Waals surface area contributed by atoms with Gasteiger partial charge in [-0.1, -0.05) is 22.9 Å². The summed E-state index contributed by atoms with van der Waals surface area (Å²) in [6, 6.07) is 9.36. The molecule has 28 heavy (non-hydrogen) atoms. The van der Waals surface area contributed by atoms with Gasteiger partial charge in [-0.15, -0.1) is 0 Å². The summed E-state index contributed by atoms with van der Waals surface area (Å²) in [5.41, 5.74) is 3.74. The second kappa shape index (κ2) is 6.76. The number of amides is 1. The molecule has 9 nitrogen and oxygen atoms in total. The van der Waals surface area contributed by atoms with Crippen LogP contribution in [0.15, 0.2) is 46.0 Å². The summed E-state index contributed by atoms with van der Waals surface area (Å²) >= 11 is 0. The Kier molecular flexibility index (Phi) is 4.26. The minimum absolute atomic E-state index is 0.245. The number of rotatable bonds is 4. The van der Waals surface area contributed by atoms with E-state index in [0.29, 0.717) is 17.0 Å². The first-order valence-corrected chi connectivity index (χ1v) is 8.67. The number of hydrogen-bond acceptors (Lipinski definition) is 6. The molecule has 9 heteroatoms.